The summed E-state index contributed by atoms with van der Waals surface area (Å²) < 4.78 is 7.03. The highest BCUT2D eigenvalue weighted by Crippen LogP contribution is 2.24. The first-order valence-electron chi connectivity index (χ1n) is 8.91. The van der Waals surface area contributed by atoms with Crippen molar-refractivity contribution in [1.29, 1.82) is 0 Å². The summed E-state index contributed by atoms with van der Waals surface area (Å²) in [5, 5.41) is 8.04. The molecule has 0 radical (unpaired) electrons. The van der Waals surface area contributed by atoms with Crippen LogP contribution < -0.4 is 10.9 Å². The molecule has 0 fully saturated rings. The molecule has 0 aliphatic rings. The van der Waals surface area contributed by atoms with Crippen LogP contribution in [0.1, 0.15) is 27.3 Å². The van der Waals surface area contributed by atoms with E-state index in [1.165, 1.54) is 0 Å². The minimum absolute atomic E-state index is 0.0411. The first-order chi connectivity index (χ1) is 13.4. The third-order valence-electron chi connectivity index (χ3n) is 4.69. The van der Waals surface area contributed by atoms with Crippen molar-refractivity contribution in [1.82, 2.24) is 9.78 Å². The Morgan fingerprint density at radius 1 is 1.04 bits per heavy atom. The number of carbonyl (C=O) groups excluding carboxylic acids is 1. The van der Waals surface area contributed by atoms with Gasteiger partial charge in [-0.3, -0.25) is 4.79 Å². The molecule has 4 rings (SSSR count). The maximum Gasteiger partial charge on any atom is 0.349 e. The third-order valence-corrected chi connectivity index (χ3v) is 4.69. The Morgan fingerprint density at radius 3 is 2.50 bits per heavy atom. The molecule has 0 aliphatic carbocycles. The average Bonchev–Trinajstić information content (AvgIpc) is 2.96. The fourth-order valence-electron chi connectivity index (χ4n) is 3.16. The van der Waals surface area contributed by atoms with Gasteiger partial charge in [-0.25, -0.2) is 9.48 Å². The van der Waals surface area contributed by atoms with Crippen LogP contribution in [0.4, 0.5) is 5.69 Å². The molecule has 140 valence electrons. The SMILES string of the molecule is Cc1ccc(-n2nc(C)c(NC(=O)c3cc4ccccc4oc3=O)c2C)cc1. The number of hydrogen-bond donors (Lipinski definition) is 1. The van der Waals surface area contributed by atoms with E-state index in [9.17, 15) is 9.59 Å². The summed E-state index contributed by atoms with van der Waals surface area (Å²) in [7, 11) is 0. The molecule has 2 aromatic heterocycles. The van der Waals surface area contributed by atoms with Crippen LogP contribution in [0, 0.1) is 20.8 Å². The maximum atomic E-state index is 12.8. The molecule has 0 saturated heterocycles. The molecule has 0 unspecified atom stereocenters. The molecule has 0 aliphatic heterocycles. The lowest BCUT2D eigenvalue weighted by atomic mass is 10.1. The minimum atomic E-state index is -0.669. The number of carbonyl (C=O) groups is 1. The van der Waals surface area contributed by atoms with Crippen molar-refractivity contribution in [2.24, 2.45) is 0 Å². The van der Waals surface area contributed by atoms with Gasteiger partial charge in [-0.05, 0) is 45.0 Å². The van der Waals surface area contributed by atoms with E-state index in [4.69, 9.17) is 4.42 Å². The second-order valence-corrected chi connectivity index (χ2v) is 6.73. The van der Waals surface area contributed by atoms with Gasteiger partial charge in [0, 0.05) is 5.39 Å². The third kappa shape index (κ3) is 3.09. The highest BCUT2D eigenvalue weighted by molar-refractivity contribution is 6.06. The highest BCUT2D eigenvalue weighted by Gasteiger charge is 2.19. The van der Waals surface area contributed by atoms with Crippen molar-refractivity contribution in [3.63, 3.8) is 0 Å². The Hall–Kier alpha value is -3.67. The van der Waals surface area contributed by atoms with Crippen LogP contribution in [0.2, 0.25) is 0 Å². The van der Waals surface area contributed by atoms with Gasteiger partial charge in [0.2, 0.25) is 0 Å². The van der Waals surface area contributed by atoms with E-state index in [1.54, 1.807) is 28.9 Å². The number of benzene rings is 2. The summed E-state index contributed by atoms with van der Waals surface area (Å²) in [6.45, 7) is 5.71. The molecule has 0 bridgehead atoms. The fraction of sp³-hybridized carbons (Fsp3) is 0.136. The van der Waals surface area contributed by atoms with Crippen molar-refractivity contribution in [3.8, 4) is 5.69 Å². The summed E-state index contributed by atoms with van der Waals surface area (Å²) in [5.74, 6) is -0.519. The number of anilines is 1. The zero-order chi connectivity index (χ0) is 19.8. The largest absolute Gasteiger partial charge is 0.422 e. The Balaban J connectivity index is 1.70. The topological polar surface area (TPSA) is 77.1 Å². The number of fused-ring (bicyclic) bond motifs is 1. The van der Waals surface area contributed by atoms with Crippen LogP contribution in [0.15, 0.2) is 63.8 Å². The van der Waals surface area contributed by atoms with Gasteiger partial charge in [0.05, 0.1) is 22.8 Å². The summed E-state index contributed by atoms with van der Waals surface area (Å²) in [6.07, 6.45) is 0. The molecule has 1 N–H and O–H groups in total. The first kappa shape index (κ1) is 17.7. The number of hydrogen-bond acceptors (Lipinski definition) is 4. The monoisotopic (exact) mass is 373 g/mol. The van der Waals surface area contributed by atoms with Crippen LogP contribution in [0.25, 0.3) is 16.7 Å². The second kappa shape index (κ2) is 6.81. The minimum Gasteiger partial charge on any atom is -0.422 e. The first-order valence-corrected chi connectivity index (χ1v) is 8.91. The number of rotatable bonds is 3. The molecule has 2 aromatic carbocycles. The lowest BCUT2D eigenvalue weighted by molar-refractivity contribution is 0.102. The number of para-hydroxylation sites is 1. The highest BCUT2D eigenvalue weighted by atomic mass is 16.4. The average molecular weight is 373 g/mol. The van der Waals surface area contributed by atoms with E-state index in [0.717, 1.165) is 16.9 Å². The van der Waals surface area contributed by atoms with Crippen LogP contribution in [0.5, 0.6) is 0 Å². The normalized spacial score (nSPS) is 11.0. The van der Waals surface area contributed by atoms with Crippen molar-refractivity contribution in [2.45, 2.75) is 20.8 Å². The van der Waals surface area contributed by atoms with Gasteiger partial charge < -0.3 is 9.73 Å². The molecule has 1 amide bonds. The van der Waals surface area contributed by atoms with Gasteiger partial charge in [-0.1, -0.05) is 35.9 Å². The van der Waals surface area contributed by atoms with E-state index >= 15 is 0 Å². The van der Waals surface area contributed by atoms with Crippen LogP contribution in [0.3, 0.4) is 0 Å². The number of aryl methyl sites for hydroxylation is 2. The smallest absolute Gasteiger partial charge is 0.349 e. The molecule has 2 heterocycles. The molecule has 0 atom stereocenters. The summed E-state index contributed by atoms with van der Waals surface area (Å²) in [5.41, 5.74) is 3.81. The summed E-state index contributed by atoms with van der Waals surface area (Å²) in [4.78, 5) is 25.0. The summed E-state index contributed by atoms with van der Waals surface area (Å²) >= 11 is 0. The summed E-state index contributed by atoms with van der Waals surface area (Å²) in [6, 6.07) is 16.6. The van der Waals surface area contributed by atoms with E-state index in [-0.39, 0.29) is 5.56 Å². The van der Waals surface area contributed by atoms with Gasteiger partial charge in [-0.2, -0.15) is 5.10 Å². The zero-order valence-electron chi connectivity index (χ0n) is 15.8. The van der Waals surface area contributed by atoms with E-state index in [1.807, 2.05) is 51.1 Å². The Labute approximate surface area is 161 Å². The number of aromatic nitrogens is 2. The molecular formula is C22H19N3O3. The molecule has 28 heavy (non-hydrogen) atoms. The molecule has 6 nitrogen and oxygen atoms in total. The van der Waals surface area contributed by atoms with Gasteiger partial charge in [0.25, 0.3) is 5.91 Å². The van der Waals surface area contributed by atoms with Crippen molar-refractivity contribution in [3.05, 3.63) is 87.5 Å². The number of amides is 1. The predicted octanol–water partition coefficient (Wildman–Crippen LogP) is 4.16. The van der Waals surface area contributed by atoms with Gasteiger partial charge in [0.15, 0.2) is 0 Å². The molecular weight excluding hydrogens is 354 g/mol. The molecule has 6 heteroatoms. The second-order valence-electron chi connectivity index (χ2n) is 6.73. The van der Waals surface area contributed by atoms with E-state index in [0.29, 0.717) is 22.4 Å². The van der Waals surface area contributed by atoms with Gasteiger partial charge in [-0.15, -0.1) is 0 Å². The molecule has 0 spiro atoms. The van der Waals surface area contributed by atoms with Crippen LogP contribution >= 0.6 is 0 Å². The van der Waals surface area contributed by atoms with Crippen molar-refractivity contribution >= 4 is 22.6 Å². The quantitative estimate of drug-likeness (QED) is 0.547. The fourth-order valence-corrected chi connectivity index (χ4v) is 3.16. The molecule has 4 aromatic rings. The van der Waals surface area contributed by atoms with E-state index in [2.05, 4.69) is 10.4 Å². The van der Waals surface area contributed by atoms with Crippen LogP contribution in [-0.2, 0) is 0 Å². The van der Waals surface area contributed by atoms with Gasteiger partial charge in [0.1, 0.15) is 11.1 Å². The maximum absolute atomic E-state index is 12.8. The lowest BCUT2D eigenvalue weighted by Gasteiger charge is -2.07. The Morgan fingerprint density at radius 2 is 1.75 bits per heavy atom. The van der Waals surface area contributed by atoms with Crippen molar-refractivity contribution < 1.29 is 9.21 Å². The zero-order valence-corrected chi connectivity index (χ0v) is 15.8. The number of nitrogens with one attached hydrogen (secondary N) is 1. The standard InChI is InChI=1S/C22H19N3O3/c1-13-8-10-17(11-9-13)25-15(3)20(14(2)24-25)23-21(26)18-12-16-6-4-5-7-19(16)28-22(18)27/h4-12H,1-3H3,(H,23,26). The molecule has 0 saturated carbocycles. The number of nitrogens with zero attached hydrogens (tertiary/aromatic N) is 2. The Kier molecular flexibility index (Phi) is 4.31. The van der Waals surface area contributed by atoms with E-state index < -0.39 is 11.5 Å². The lowest BCUT2D eigenvalue weighted by Crippen LogP contribution is -2.21. The van der Waals surface area contributed by atoms with Crippen molar-refractivity contribution in [2.75, 3.05) is 5.32 Å². The predicted molar refractivity (Wildman–Crippen MR) is 108 cm³/mol. The van der Waals surface area contributed by atoms with Crippen LogP contribution in [-0.4, -0.2) is 15.7 Å². The Bertz CT molecular complexity index is 1250. The van der Waals surface area contributed by atoms with Gasteiger partial charge >= 0.3 is 5.63 Å².